The molecule has 2 fully saturated rings. The van der Waals surface area contributed by atoms with Gasteiger partial charge in [-0.15, -0.1) is 0 Å². The number of amides is 1. The topological polar surface area (TPSA) is 389 Å². The van der Waals surface area contributed by atoms with Gasteiger partial charge in [-0.05, 0) is 96.4 Å². The molecular formula is C74H69BrCl2N14O12. The molecule has 7 heterocycles. The number of likely N-dealkylation sites (tertiary alicyclic amines) is 1. The number of hydrogen-bond acceptors (Lipinski definition) is 21. The van der Waals surface area contributed by atoms with E-state index in [9.17, 15) is 38.4 Å². The number of nitrogens with two attached hydrogens (primary N) is 2. The molecule has 103 heavy (non-hydrogen) atoms. The summed E-state index contributed by atoms with van der Waals surface area (Å²) in [6.45, 7) is 1.80. The number of aromatic carboxylic acids is 1. The summed E-state index contributed by atoms with van der Waals surface area (Å²) < 4.78 is 13.9. The molecule has 528 valence electrons. The molecule has 29 heteroatoms. The van der Waals surface area contributed by atoms with Gasteiger partial charge in [-0.2, -0.15) is 0 Å². The van der Waals surface area contributed by atoms with E-state index in [0.29, 0.717) is 51.4 Å². The van der Waals surface area contributed by atoms with E-state index in [2.05, 4.69) is 97.4 Å². The van der Waals surface area contributed by atoms with E-state index in [-0.39, 0.29) is 46.4 Å². The zero-order valence-corrected chi connectivity index (χ0v) is 58.8. The van der Waals surface area contributed by atoms with Gasteiger partial charge in [-0.3, -0.25) is 19.2 Å². The van der Waals surface area contributed by atoms with Crippen LogP contribution in [0.3, 0.4) is 0 Å². The molecule has 0 unspecified atom stereocenters. The van der Waals surface area contributed by atoms with Crippen LogP contribution in [-0.4, -0.2) is 136 Å². The number of methoxy groups -OCH3 is 3. The van der Waals surface area contributed by atoms with Crippen molar-refractivity contribution in [3.63, 3.8) is 0 Å². The van der Waals surface area contributed by atoms with Gasteiger partial charge in [0.2, 0.25) is 11.4 Å². The quantitative estimate of drug-likeness (QED) is 0.0416. The third kappa shape index (κ3) is 22.5. The van der Waals surface area contributed by atoms with Crippen LogP contribution < -0.4 is 33.5 Å². The first-order valence-electron chi connectivity index (χ1n) is 31.7. The molecule has 26 nitrogen and oxygen atoms in total. The molecule has 5 aromatic heterocycles. The normalized spacial score (nSPS) is 13.2. The highest BCUT2D eigenvalue weighted by atomic mass is 79.9. The monoisotopic (exact) mass is 1490 g/mol. The molecule has 2 aliphatic heterocycles. The number of carboxylic acid groups (broad SMARTS) is 1. The van der Waals surface area contributed by atoms with E-state index in [4.69, 9.17) is 39.8 Å². The molecule has 2 aliphatic rings. The second-order valence-corrected chi connectivity index (χ2v) is 24.0. The first-order valence-corrected chi connectivity index (χ1v) is 33.2. The Kier molecular flexibility index (Phi) is 28.8. The van der Waals surface area contributed by atoms with Crippen molar-refractivity contribution in [3.05, 3.63) is 286 Å². The van der Waals surface area contributed by atoms with E-state index in [1.807, 2.05) is 146 Å². The van der Waals surface area contributed by atoms with E-state index in [1.54, 1.807) is 23.2 Å². The summed E-state index contributed by atoms with van der Waals surface area (Å²) in [4.78, 5) is 129. The lowest BCUT2D eigenvalue weighted by atomic mass is 10.0. The number of nitrogens with one attached hydrogen (secondary N) is 4. The van der Waals surface area contributed by atoms with Gasteiger partial charge in [0.25, 0.3) is 22.6 Å². The average Bonchev–Trinajstić information content (AvgIpc) is 1.23. The maximum Gasteiger partial charge on any atom is 0.362 e. The van der Waals surface area contributed by atoms with Crippen LogP contribution in [0.15, 0.2) is 220 Å². The number of aromatic amines is 3. The minimum Gasteiger partial charge on any atom is -0.476 e. The zero-order valence-electron chi connectivity index (χ0n) is 55.7. The lowest BCUT2D eigenvalue weighted by molar-refractivity contribution is 0.0584. The Morgan fingerprint density at radius 3 is 1.37 bits per heavy atom. The summed E-state index contributed by atoms with van der Waals surface area (Å²) in [5, 5.41) is 13.8. The van der Waals surface area contributed by atoms with Crippen molar-refractivity contribution in [2.45, 2.75) is 50.6 Å². The van der Waals surface area contributed by atoms with Gasteiger partial charge in [-0.1, -0.05) is 169 Å². The number of halogens is 3. The maximum absolute atomic E-state index is 13.1. The number of nitrogen functional groups attached to an aromatic ring is 2. The van der Waals surface area contributed by atoms with Gasteiger partial charge in [-0.25, -0.2) is 54.1 Å². The molecule has 0 aliphatic carbocycles. The van der Waals surface area contributed by atoms with Crippen molar-refractivity contribution in [3.8, 4) is 45.0 Å². The van der Waals surface area contributed by atoms with Gasteiger partial charge in [0.05, 0.1) is 56.5 Å². The van der Waals surface area contributed by atoms with Crippen LogP contribution in [0.25, 0.3) is 45.0 Å². The van der Waals surface area contributed by atoms with E-state index < -0.39 is 46.2 Å². The van der Waals surface area contributed by atoms with E-state index in [1.165, 1.54) is 71.1 Å². The molecule has 13 rings (SSSR count). The minimum atomic E-state index is -1.33. The molecule has 0 radical (unpaired) electrons. The minimum absolute atomic E-state index is 0.0203. The number of esters is 3. The van der Waals surface area contributed by atoms with Crippen molar-refractivity contribution in [1.82, 2.24) is 60.1 Å². The van der Waals surface area contributed by atoms with Crippen molar-refractivity contribution in [2.24, 2.45) is 0 Å². The molecule has 0 saturated carbocycles. The van der Waals surface area contributed by atoms with Gasteiger partial charge >= 0.3 is 23.9 Å². The Bertz CT molecular complexity index is 4880. The van der Waals surface area contributed by atoms with Crippen LogP contribution in [-0.2, 0) is 27.1 Å². The van der Waals surface area contributed by atoms with Crippen LogP contribution in [0, 0.1) is 0 Å². The van der Waals surface area contributed by atoms with Crippen LogP contribution in [0.4, 0.5) is 11.6 Å². The fraction of sp³-hybridized carbons (Fsp3) is 0.176. The van der Waals surface area contributed by atoms with Gasteiger partial charge < -0.3 is 56.0 Å². The average molecular weight is 1500 g/mol. The van der Waals surface area contributed by atoms with Crippen LogP contribution >= 0.6 is 39.1 Å². The highest BCUT2D eigenvalue weighted by Crippen LogP contribution is 2.26. The maximum atomic E-state index is 13.1. The molecule has 0 bridgehead atoms. The van der Waals surface area contributed by atoms with Crippen molar-refractivity contribution >= 4 is 80.6 Å². The summed E-state index contributed by atoms with van der Waals surface area (Å²) in [6.07, 6.45) is 13.6. The molecule has 0 spiro atoms. The molecule has 6 aromatic carbocycles. The summed E-state index contributed by atoms with van der Waals surface area (Å²) in [5.74, 6) is -3.46. The molecule has 1 amide bonds. The Hall–Kier alpha value is -11.9. The number of carbonyl (C=O) groups excluding carboxylic acids is 4. The second kappa shape index (κ2) is 38.6. The number of aromatic nitrogens is 10. The van der Waals surface area contributed by atoms with Crippen LogP contribution in [0.5, 0.6) is 0 Å². The Morgan fingerprint density at radius 2 is 0.913 bits per heavy atom. The van der Waals surface area contributed by atoms with Crippen molar-refractivity contribution in [1.29, 1.82) is 0 Å². The number of rotatable bonds is 13. The standard InChI is InChI=1S/C22H20ClN3O2.C12H11N3O2.C12H10N2O3.C11H14ClN.C11H8N2O3.C6H6BrN3O2/c23-17-9-4-6-15(12-17)13-18-10-5-11-26(18)22(28)20-21(27)24-14-19(25-20)16-7-2-1-3-8-16;1-17-12(16)10-11(13)14-7-9(15-10)8-5-3-2-4-6-8;1-17-12(16)10-11(15)13-7-9(14-10)8-5-3-2-4-6-8;12-10-4-1-3-9(7-10)8-11-5-2-6-13-11;14-10-9(11(15)16)13-8(6-12-10)7-4-2-1-3-5-7;1-12-6(11)4-5(8)9-2-3(7)10-4/h1-4,6-9,12,14,18H,5,10-11,13H2,(H,24,27);2-7H,1H3,(H2,13,14);2-7H,1H3,(H,13,15);1,3-4,7,11,13H,2,5-6,8H2;1-6H,(H,12,14)(H,15,16);2H,1H3,(H2,8,9)/t18-;;;11-;;/m0..0../s1. The zero-order chi connectivity index (χ0) is 73.8. The highest BCUT2D eigenvalue weighted by Gasteiger charge is 2.32. The number of H-pyrrole nitrogens is 3. The van der Waals surface area contributed by atoms with Crippen LogP contribution in [0.2, 0.25) is 10.0 Å². The third-order valence-corrected chi connectivity index (χ3v) is 16.1. The fourth-order valence-electron chi connectivity index (χ4n) is 10.3. The smallest absolute Gasteiger partial charge is 0.362 e. The summed E-state index contributed by atoms with van der Waals surface area (Å²) in [7, 11) is 3.74. The number of nitrogens with zero attached hydrogens (tertiary/aromatic N) is 8. The summed E-state index contributed by atoms with van der Waals surface area (Å²) in [6, 6.07) is 53.7. The fourth-order valence-corrected chi connectivity index (χ4v) is 11.0. The van der Waals surface area contributed by atoms with Crippen molar-refractivity contribution < 1.29 is 43.3 Å². The van der Waals surface area contributed by atoms with Gasteiger partial charge in [0.1, 0.15) is 4.60 Å². The number of carbonyl (C=O) groups is 5. The first-order chi connectivity index (χ1) is 49.7. The number of hydrogen-bond donors (Lipinski definition) is 7. The molecular weight excluding hydrogens is 1430 g/mol. The molecule has 2 saturated heterocycles. The SMILES string of the molecule is COC(=O)c1nc(-c2ccccc2)c[nH]c1=O.COC(=O)c1nc(-c2ccccc2)cnc1N.COC(=O)c1nc(Br)cnc1N.Clc1cccc(C[C@@H]2CCCN2)c1.O=C(O)c1nc(-c2ccccc2)c[nH]c1=O.O=C(c1nc(-c2ccccc2)c[nH]c1=O)N1CCC[C@H]1Cc1cccc(Cl)c1. The largest absolute Gasteiger partial charge is 0.476 e. The lowest BCUT2D eigenvalue weighted by Gasteiger charge is -2.24. The number of benzene rings is 6. The Labute approximate surface area is 608 Å². The van der Waals surface area contributed by atoms with Gasteiger partial charge in [0.15, 0.2) is 28.7 Å². The predicted molar refractivity (Wildman–Crippen MR) is 393 cm³/mol. The van der Waals surface area contributed by atoms with E-state index >= 15 is 0 Å². The lowest BCUT2D eigenvalue weighted by Crippen LogP contribution is -2.40. The predicted octanol–water partition coefficient (Wildman–Crippen LogP) is 11.1. The molecule has 11 aromatic rings. The highest BCUT2D eigenvalue weighted by molar-refractivity contribution is 9.10. The summed E-state index contributed by atoms with van der Waals surface area (Å²) >= 11 is 15.1. The Balaban J connectivity index is 0.000000161. The summed E-state index contributed by atoms with van der Waals surface area (Å²) in [5.41, 5.74) is 16.3. The van der Waals surface area contributed by atoms with E-state index in [0.717, 1.165) is 52.1 Å². The van der Waals surface area contributed by atoms with Crippen molar-refractivity contribution in [2.75, 3.05) is 45.9 Å². The van der Waals surface area contributed by atoms with Gasteiger partial charge in [0, 0.05) is 69.5 Å². The first kappa shape index (κ1) is 76.8. The Morgan fingerprint density at radius 1 is 0.505 bits per heavy atom. The third-order valence-electron chi connectivity index (χ3n) is 15.3. The van der Waals surface area contributed by atoms with Crippen LogP contribution in [0.1, 0.15) is 89.3 Å². The molecule has 2 atom stereocenters. The second-order valence-electron chi connectivity index (χ2n) is 22.3. The molecule has 9 N–H and O–H groups in total. The number of anilines is 2. The number of ether oxygens (including phenoxy) is 3. The number of carboxylic acids is 1.